The molecule has 4 N–H and O–H groups in total. The van der Waals surface area contributed by atoms with E-state index in [9.17, 15) is 9.59 Å². The van der Waals surface area contributed by atoms with Crippen molar-refractivity contribution in [3.8, 4) is 0 Å². The Kier molecular flexibility index (Phi) is 2.65. The zero-order chi connectivity index (χ0) is 11.0. The van der Waals surface area contributed by atoms with Gasteiger partial charge in [-0.15, -0.1) is 0 Å². The van der Waals surface area contributed by atoms with E-state index in [4.69, 9.17) is 5.73 Å². The van der Waals surface area contributed by atoms with E-state index < -0.39 is 11.9 Å². The zero-order valence-electron chi connectivity index (χ0n) is 8.82. The number of nitrogens with two attached hydrogens (primary N) is 1. The summed E-state index contributed by atoms with van der Waals surface area (Å²) in [6.45, 7) is 1.61. The molecule has 2 aliphatic rings. The maximum Gasteiger partial charge on any atom is 0.239 e. The van der Waals surface area contributed by atoms with Gasteiger partial charge < -0.3 is 16.4 Å². The first kappa shape index (κ1) is 10.4. The standard InChI is InChI=1S/C10H17N3O2/c1-5(9(11)14)12-10(15)7-4-6-2-3-8(7)13-6/h5-8,13H,2-4H2,1H3,(H2,11,14)(H,12,15). The summed E-state index contributed by atoms with van der Waals surface area (Å²) < 4.78 is 0. The summed E-state index contributed by atoms with van der Waals surface area (Å²) in [7, 11) is 0. The van der Waals surface area contributed by atoms with E-state index in [1.807, 2.05) is 0 Å². The fourth-order valence-corrected chi connectivity index (χ4v) is 2.51. The van der Waals surface area contributed by atoms with Gasteiger partial charge in [0.1, 0.15) is 6.04 Å². The first-order valence-corrected chi connectivity index (χ1v) is 5.43. The van der Waals surface area contributed by atoms with Crippen molar-refractivity contribution in [2.24, 2.45) is 11.7 Å². The number of carbonyl (C=O) groups is 2. The number of hydrogen-bond acceptors (Lipinski definition) is 3. The fourth-order valence-electron chi connectivity index (χ4n) is 2.51. The number of rotatable bonds is 3. The van der Waals surface area contributed by atoms with Gasteiger partial charge in [-0.05, 0) is 26.2 Å². The van der Waals surface area contributed by atoms with Crippen LogP contribution in [0.1, 0.15) is 26.2 Å². The van der Waals surface area contributed by atoms with Crippen LogP contribution < -0.4 is 16.4 Å². The third-order valence-corrected chi connectivity index (χ3v) is 3.42. The van der Waals surface area contributed by atoms with Crippen LogP contribution in [0.3, 0.4) is 0 Å². The summed E-state index contributed by atoms with van der Waals surface area (Å²) in [5.74, 6) is -0.508. The van der Waals surface area contributed by atoms with E-state index in [1.165, 1.54) is 6.42 Å². The molecule has 84 valence electrons. The highest BCUT2D eigenvalue weighted by atomic mass is 16.2. The number of hydrogen-bond donors (Lipinski definition) is 3. The Morgan fingerprint density at radius 1 is 1.47 bits per heavy atom. The molecule has 0 aromatic heterocycles. The first-order valence-electron chi connectivity index (χ1n) is 5.43. The minimum Gasteiger partial charge on any atom is -0.368 e. The monoisotopic (exact) mass is 211 g/mol. The molecule has 0 aromatic rings. The molecule has 2 saturated heterocycles. The van der Waals surface area contributed by atoms with Crippen molar-refractivity contribution in [2.45, 2.75) is 44.3 Å². The molecule has 2 amide bonds. The molecule has 5 nitrogen and oxygen atoms in total. The summed E-state index contributed by atoms with van der Waals surface area (Å²) in [5.41, 5.74) is 5.09. The Bertz CT molecular complexity index is 292. The van der Waals surface area contributed by atoms with Crippen molar-refractivity contribution in [3.63, 3.8) is 0 Å². The van der Waals surface area contributed by atoms with Crippen molar-refractivity contribution >= 4 is 11.8 Å². The molecule has 2 heterocycles. The summed E-state index contributed by atoms with van der Waals surface area (Å²) in [6.07, 6.45) is 3.12. The average molecular weight is 211 g/mol. The average Bonchev–Trinajstić information content (AvgIpc) is 2.78. The van der Waals surface area contributed by atoms with Gasteiger partial charge in [-0.25, -0.2) is 0 Å². The summed E-state index contributed by atoms with van der Waals surface area (Å²) in [5, 5.41) is 6.04. The van der Waals surface area contributed by atoms with Gasteiger partial charge >= 0.3 is 0 Å². The Hall–Kier alpha value is -1.10. The van der Waals surface area contributed by atoms with Crippen LogP contribution in [0.15, 0.2) is 0 Å². The van der Waals surface area contributed by atoms with Gasteiger partial charge in [0.05, 0.1) is 5.92 Å². The normalized spacial score (nSPS) is 35.1. The molecule has 4 unspecified atom stereocenters. The Morgan fingerprint density at radius 3 is 2.67 bits per heavy atom. The fraction of sp³-hybridized carbons (Fsp3) is 0.800. The van der Waals surface area contributed by atoms with E-state index in [0.29, 0.717) is 12.1 Å². The minimum atomic E-state index is -0.573. The lowest BCUT2D eigenvalue weighted by atomic mass is 9.88. The van der Waals surface area contributed by atoms with E-state index in [2.05, 4.69) is 10.6 Å². The van der Waals surface area contributed by atoms with Crippen molar-refractivity contribution < 1.29 is 9.59 Å². The van der Waals surface area contributed by atoms with Crippen molar-refractivity contribution in [1.29, 1.82) is 0 Å². The van der Waals surface area contributed by atoms with Crippen LogP contribution in [-0.4, -0.2) is 29.9 Å². The van der Waals surface area contributed by atoms with Crippen molar-refractivity contribution in [3.05, 3.63) is 0 Å². The predicted molar refractivity (Wildman–Crippen MR) is 54.9 cm³/mol. The summed E-state index contributed by atoms with van der Waals surface area (Å²) in [4.78, 5) is 22.6. The molecule has 0 spiro atoms. The Balaban J connectivity index is 1.89. The Labute approximate surface area is 88.8 Å². The quantitative estimate of drug-likeness (QED) is 0.566. The van der Waals surface area contributed by atoms with Crippen molar-refractivity contribution in [1.82, 2.24) is 10.6 Å². The number of nitrogens with one attached hydrogen (secondary N) is 2. The SMILES string of the molecule is CC(NC(=O)C1CC2CCC1N2)C(N)=O. The van der Waals surface area contributed by atoms with Gasteiger partial charge in [-0.3, -0.25) is 9.59 Å². The van der Waals surface area contributed by atoms with E-state index in [-0.39, 0.29) is 11.8 Å². The van der Waals surface area contributed by atoms with Crippen LogP contribution >= 0.6 is 0 Å². The zero-order valence-corrected chi connectivity index (χ0v) is 8.82. The highest BCUT2D eigenvalue weighted by molar-refractivity contribution is 5.87. The third-order valence-electron chi connectivity index (χ3n) is 3.42. The molecule has 0 saturated carbocycles. The van der Waals surface area contributed by atoms with Crippen molar-refractivity contribution in [2.75, 3.05) is 0 Å². The first-order chi connectivity index (χ1) is 7.08. The smallest absolute Gasteiger partial charge is 0.239 e. The summed E-state index contributed by atoms with van der Waals surface area (Å²) >= 11 is 0. The molecule has 4 atom stereocenters. The van der Waals surface area contributed by atoms with Crippen LogP contribution in [0.5, 0.6) is 0 Å². The van der Waals surface area contributed by atoms with Gasteiger partial charge in [0, 0.05) is 12.1 Å². The van der Waals surface area contributed by atoms with Gasteiger partial charge in [-0.2, -0.15) is 0 Å². The van der Waals surface area contributed by atoms with Gasteiger partial charge in [0.15, 0.2) is 0 Å². The number of fused-ring (bicyclic) bond motifs is 2. The molecule has 2 aliphatic heterocycles. The molecule has 0 radical (unpaired) electrons. The minimum absolute atomic E-state index is 0.0190. The molecule has 15 heavy (non-hydrogen) atoms. The number of carbonyl (C=O) groups excluding carboxylic acids is 2. The van der Waals surface area contributed by atoms with Crippen LogP contribution in [0, 0.1) is 5.92 Å². The van der Waals surface area contributed by atoms with Crippen LogP contribution in [-0.2, 0) is 9.59 Å². The summed E-state index contributed by atoms with van der Waals surface area (Å²) in [6, 6.07) is 0.223. The lowest BCUT2D eigenvalue weighted by Crippen LogP contribution is -2.46. The maximum atomic E-state index is 11.8. The van der Waals surface area contributed by atoms with E-state index >= 15 is 0 Å². The van der Waals surface area contributed by atoms with Crippen LogP contribution in [0.25, 0.3) is 0 Å². The Morgan fingerprint density at radius 2 is 2.20 bits per heavy atom. The molecule has 0 aliphatic carbocycles. The molecular weight excluding hydrogens is 194 g/mol. The number of primary amides is 1. The highest BCUT2D eigenvalue weighted by Crippen LogP contribution is 2.33. The van der Waals surface area contributed by atoms with Gasteiger partial charge in [-0.1, -0.05) is 0 Å². The van der Waals surface area contributed by atoms with E-state index in [0.717, 1.165) is 12.8 Å². The molecule has 2 rings (SSSR count). The van der Waals surface area contributed by atoms with Crippen LogP contribution in [0.2, 0.25) is 0 Å². The predicted octanol–water partition coefficient (Wildman–Crippen LogP) is -0.883. The van der Waals surface area contributed by atoms with Gasteiger partial charge in [0.2, 0.25) is 11.8 Å². The van der Waals surface area contributed by atoms with E-state index in [1.54, 1.807) is 6.92 Å². The molecule has 2 bridgehead atoms. The van der Waals surface area contributed by atoms with Gasteiger partial charge in [0.25, 0.3) is 0 Å². The lowest BCUT2D eigenvalue weighted by Gasteiger charge is -2.20. The molecule has 5 heteroatoms. The third kappa shape index (κ3) is 1.97. The molecular formula is C10H17N3O2. The number of amides is 2. The second-order valence-electron chi connectivity index (χ2n) is 4.52. The van der Waals surface area contributed by atoms with Crippen LogP contribution in [0.4, 0.5) is 0 Å². The maximum absolute atomic E-state index is 11.8. The largest absolute Gasteiger partial charge is 0.368 e. The molecule has 2 fully saturated rings. The second-order valence-corrected chi connectivity index (χ2v) is 4.52. The highest BCUT2D eigenvalue weighted by Gasteiger charge is 2.42. The molecule has 0 aromatic carbocycles. The second kappa shape index (κ2) is 3.81. The topological polar surface area (TPSA) is 84.2 Å². The lowest BCUT2D eigenvalue weighted by molar-refractivity contribution is -0.130.